The lowest BCUT2D eigenvalue weighted by molar-refractivity contribution is -0.139. The molecular weight excluding hydrogens is 294 g/mol. The highest BCUT2D eigenvalue weighted by atomic mass is 32.2. The quantitative estimate of drug-likeness (QED) is 0.838. The molecule has 22 heavy (non-hydrogen) atoms. The number of carbonyl (C=O) groups is 1. The monoisotopic (exact) mass is 317 g/mol. The Bertz CT molecular complexity index is 549. The molecule has 4 heteroatoms. The first-order chi connectivity index (χ1) is 10.7. The number of rotatable bonds is 2. The third kappa shape index (κ3) is 2.46. The Morgan fingerprint density at radius 1 is 1.27 bits per heavy atom. The number of amides is 1. The molecule has 0 aromatic heterocycles. The fourth-order valence-corrected chi connectivity index (χ4v) is 5.44. The maximum Gasteiger partial charge on any atom is 0.228 e. The Kier molecular flexibility index (Phi) is 3.91. The van der Waals surface area contributed by atoms with Crippen molar-refractivity contribution in [2.75, 3.05) is 12.3 Å². The van der Waals surface area contributed by atoms with Crippen LogP contribution in [0.25, 0.3) is 0 Å². The number of hydrogen-bond acceptors (Lipinski definition) is 3. The largest absolute Gasteiger partial charge is 0.374 e. The molecule has 3 saturated heterocycles. The number of carbonyl (C=O) groups excluding carboxylic acids is 1. The van der Waals surface area contributed by atoms with Crippen LogP contribution < -0.4 is 0 Å². The van der Waals surface area contributed by atoms with Gasteiger partial charge in [-0.2, -0.15) is 11.8 Å². The third-order valence-corrected chi connectivity index (χ3v) is 6.54. The zero-order valence-corrected chi connectivity index (χ0v) is 13.8. The van der Waals surface area contributed by atoms with Crippen LogP contribution in [-0.4, -0.2) is 40.6 Å². The van der Waals surface area contributed by atoms with E-state index in [1.54, 1.807) is 0 Å². The summed E-state index contributed by atoms with van der Waals surface area (Å²) in [6.45, 7) is 3.11. The summed E-state index contributed by atoms with van der Waals surface area (Å²) < 4.78 is 5.91. The smallest absolute Gasteiger partial charge is 0.228 e. The number of thioether (sulfide) groups is 1. The Morgan fingerprint density at radius 3 is 2.77 bits per heavy atom. The van der Waals surface area contributed by atoms with Gasteiger partial charge in [0.2, 0.25) is 5.91 Å². The van der Waals surface area contributed by atoms with E-state index in [4.69, 9.17) is 4.74 Å². The predicted molar refractivity (Wildman–Crippen MR) is 88.8 cm³/mol. The molecule has 3 aliphatic heterocycles. The van der Waals surface area contributed by atoms with Crippen molar-refractivity contribution in [1.29, 1.82) is 0 Å². The molecule has 0 spiro atoms. The van der Waals surface area contributed by atoms with Gasteiger partial charge in [-0.25, -0.2) is 0 Å². The van der Waals surface area contributed by atoms with Crippen LogP contribution in [0.15, 0.2) is 30.3 Å². The van der Waals surface area contributed by atoms with Gasteiger partial charge in [-0.3, -0.25) is 4.79 Å². The van der Waals surface area contributed by atoms with Gasteiger partial charge >= 0.3 is 0 Å². The van der Waals surface area contributed by atoms with Crippen molar-refractivity contribution in [1.82, 2.24) is 4.90 Å². The van der Waals surface area contributed by atoms with Crippen LogP contribution in [0, 0.1) is 5.92 Å². The number of ether oxygens (including phenoxy) is 1. The third-order valence-electron chi connectivity index (χ3n) is 5.34. The summed E-state index contributed by atoms with van der Waals surface area (Å²) >= 11 is 1.97. The second kappa shape index (κ2) is 5.89. The van der Waals surface area contributed by atoms with Crippen molar-refractivity contribution in [2.45, 2.75) is 49.7 Å². The van der Waals surface area contributed by atoms with Crippen LogP contribution in [0.2, 0.25) is 0 Å². The Labute approximate surface area is 136 Å². The minimum absolute atomic E-state index is 0.0975. The van der Waals surface area contributed by atoms with E-state index in [0.29, 0.717) is 17.3 Å². The summed E-state index contributed by atoms with van der Waals surface area (Å²) in [5, 5.41) is 0.444. The lowest BCUT2D eigenvalue weighted by Crippen LogP contribution is -2.48. The molecule has 1 amide bonds. The average molecular weight is 317 g/mol. The van der Waals surface area contributed by atoms with E-state index in [0.717, 1.165) is 31.6 Å². The van der Waals surface area contributed by atoms with E-state index in [9.17, 15) is 4.79 Å². The molecule has 5 atom stereocenters. The molecule has 1 aromatic rings. The maximum absolute atomic E-state index is 13.2. The molecule has 3 nitrogen and oxygen atoms in total. The highest BCUT2D eigenvalue weighted by Gasteiger charge is 2.47. The van der Waals surface area contributed by atoms with Crippen molar-refractivity contribution in [3.8, 4) is 0 Å². The van der Waals surface area contributed by atoms with Gasteiger partial charge in [-0.1, -0.05) is 37.3 Å². The van der Waals surface area contributed by atoms with Gasteiger partial charge < -0.3 is 9.64 Å². The van der Waals surface area contributed by atoms with Crippen LogP contribution >= 0.6 is 11.8 Å². The van der Waals surface area contributed by atoms with E-state index in [2.05, 4.69) is 36.1 Å². The van der Waals surface area contributed by atoms with Crippen LogP contribution in [0.1, 0.15) is 37.8 Å². The van der Waals surface area contributed by atoms with Gasteiger partial charge in [0.1, 0.15) is 0 Å². The molecule has 0 saturated carbocycles. The molecule has 0 unspecified atom stereocenters. The fourth-order valence-electron chi connectivity index (χ4n) is 4.28. The second-order valence-corrected chi connectivity index (χ2v) is 8.16. The lowest BCUT2D eigenvalue weighted by Gasteiger charge is -2.41. The SMILES string of the molecule is C[C@@H]1SCCN(C(=O)[C@@H]2C[C@H]3CC[C@H]2O3)[C@H]1c1ccccc1. The molecule has 118 valence electrons. The number of hydrogen-bond donors (Lipinski definition) is 0. The summed E-state index contributed by atoms with van der Waals surface area (Å²) in [5.74, 6) is 1.46. The first-order valence-corrected chi connectivity index (χ1v) is 9.41. The Hall–Kier alpha value is -1.00. The zero-order valence-electron chi connectivity index (χ0n) is 13.0. The topological polar surface area (TPSA) is 29.5 Å². The first-order valence-electron chi connectivity index (χ1n) is 8.36. The molecule has 2 bridgehead atoms. The molecule has 0 radical (unpaired) electrons. The zero-order chi connectivity index (χ0) is 15.1. The average Bonchev–Trinajstić information content (AvgIpc) is 3.18. The van der Waals surface area contributed by atoms with Gasteiger partial charge in [0.25, 0.3) is 0 Å². The standard InChI is InChI=1S/C18H23NO2S/c1-12-17(13-5-3-2-4-6-13)19(9-10-22-12)18(20)15-11-14-7-8-16(15)21-14/h2-6,12,14-17H,7-11H2,1H3/t12-,14+,15+,16+,17+/m0/s1. The Balaban J connectivity index is 1.59. The molecule has 3 fully saturated rings. The summed E-state index contributed by atoms with van der Waals surface area (Å²) in [6.07, 6.45) is 3.66. The van der Waals surface area contributed by atoms with Gasteiger partial charge in [-0.15, -0.1) is 0 Å². The van der Waals surface area contributed by atoms with Crippen molar-refractivity contribution in [2.24, 2.45) is 5.92 Å². The fraction of sp³-hybridized carbons (Fsp3) is 0.611. The Morgan fingerprint density at radius 2 is 2.09 bits per heavy atom. The minimum atomic E-state index is 0.0975. The van der Waals surface area contributed by atoms with E-state index in [1.165, 1.54) is 5.56 Å². The van der Waals surface area contributed by atoms with E-state index < -0.39 is 0 Å². The lowest BCUT2D eigenvalue weighted by atomic mass is 9.87. The molecule has 1 aromatic carbocycles. The summed E-state index contributed by atoms with van der Waals surface area (Å²) in [6, 6.07) is 10.7. The van der Waals surface area contributed by atoms with Gasteiger partial charge in [0, 0.05) is 17.5 Å². The van der Waals surface area contributed by atoms with Crippen molar-refractivity contribution in [3.63, 3.8) is 0 Å². The molecular formula is C18H23NO2S. The summed E-state index contributed by atoms with van der Waals surface area (Å²) in [4.78, 5) is 15.3. The van der Waals surface area contributed by atoms with Crippen LogP contribution in [-0.2, 0) is 9.53 Å². The van der Waals surface area contributed by atoms with E-state index in [-0.39, 0.29) is 18.1 Å². The van der Waals surface area contributed by atoms with Gasteiger partial charge in [0.05, 0.1) is 24.2 Å². The maximum atomic E-state index is 13.2. The second-order valence-electron chi connectivity index (χ2n) is 6.68. The number of fused-ring (bicyclic) bond motifs is 2. The highest BCUT2D eigenvalue weighted by Crippen LogP contribution is 2.43. The van der Waals surface area contributed by atoms with Crippen molar-refractivity contribution in [3.05, 3.63) is 35.9 Å². The highest BCUT2D eigenvalue weighted by molar-refractivity contribution is 8.00. The molecule has 0 aliphatic carbocycles. The molecule has 0 N–H and O–H groups in total. The van der Waals surface area contributed by atoms with Crippen LogP contribution in [0.5, 0.6) is 0 Å². The van der Waals surface area contributed by atoms with E-state index in [1.807, 2.05) is 17.8 Å². The van der Waals surface area contributed by atoms with E-state index >= 15 is 0 Å². The predicted octanol–water partition coefficient (Wildman–Crippen LogP) is 3.26. The van der Waals surface area contributed by atoms with Crippen LogP contribution in [0.4, 0.5) is 0 Å². The molecule has 4 rings (SSSR count). The van der Waals surface area contributed by atoms with Crippen molar-refractivity contribution < 1.29 is 9.53 Å². The van der Waals surface area contributed by atoms with Gasteiger partial charge in [-0.05, 0) is 24.8 Å². The van der Waals surface area contributed by atoms with Gasteiger partial charge in [0.15, 0.2) is 0 Å². The summed E-state index contributed by atoms with van der Waals surface area (Å²) in [5.41, 5.74) is 1.26. The first kappa shape index (κ1) is 14.6. The number of nitrogens with zero attached hydrogens (tertiary/aromatic N) is 1. The number of benzene rings is 1. The van der Waals surface area contributed by atoms with Crippen molar-refractivity contribution >= 4 is 17.7 Å². The normalized spacial score (nSPS) is 37.5. The minimum Gasteiger partial charge on any atom is -0.374 e. The molecule has 3 heterocycles. The summed E-state index contributed by atoms with van der Waals surface area (Å²) in [7, 11) is 0. The molecule has 3 aliphatic rings. The van der Waals surface area contributed by atoms with Crippen LogP contribution in [0.3, 0.4) is 0 Å².